The van der Waals surface area contributed by atoms with Gasteiger partial charge in [0.15, 0.2) is 11.6 Å². The van der Waals surface area contributed by atoms with Gasteiger partial charge in [-0.1, -0.05) is 0 Å². The van der Waals surface area contributed by atoms with E-state index >= 15 is 0 Å². The van der Waals surface area contributed by atoms with E-state index in [1.54, 1.807) is 7.11 Å². The Balaban J connectivity index is 2.01. The minimum absolute atomic E-state index is 0.0609. The van der Waals surface area contributed by atoms with Crippen LogP contribution in [0.1, 0.15) is 12.8 Å². The first kappa shape index (κ1) is 11.1. The average molecular weight is 230 g/mol. The zero-order valence-electron chi connectivity index (χ0n) is 8.74. The predicted octanol–water partition coefficient (Wildman–Crippen LogP) is 2.23. The number of rotatable bonds is 3. The Hall–Kier alpha value is -1.36. The van der Waals surface area contributed by atoms with Crippen molar-refractivity contribution >= 4 is 0 Å². The molecular formula is C11H12F2O3. The van der Waals surface area contributed by atoms with Crippen LogP contribution < -0.4 is 4.74 Å². The Morgan fingerprint density at radius 1 is 1.25 bits per heavy atom. The summed E-state index contributed by atoms with van der Waals surface area (Å²) in [5, 5.41) is 9.06. The SMILES string of the molecule is CO[C@H]1C[C@H](Oc2cc(O)c(F)c(F)c2)C1. The lowest BCUT2D eigenvalue weighted by molar-refractivity contribution is -0.0382. The smallest absolute Gasteiger partial charge is 0.200 e. The van der Waals surface area contributed by atoms with Crippen LogP contribution >= 0.6 is 0 Å². The highest BCUT2D eigenvalue weighted by molar-refractivity contribution is 5.34. The monoisotopic (exact) mass is 230 g/mol. The van der Waals surface area contributed by atoms with Gasteiger partial charge in [-0.25, -0.2) is 4.39 Å². The highest BCUT2D eigenvalue weighted by Crippen LogP contribution is 2.31. The van der Waals surface area contributed by atoms with Crippen molar-refractivity contribution in [3.63, 3.8) is 0 Å². The van der Waals surface area contributed by atoms with Crippen LogP contribution in [0.5, 0.6) is 11.5 Å². The van der Waals surface area contributed by atoms with Crippen molar-refractivity contribution in [3.05, 3.63) is 23.8 Å². The third-order valence-electron chi connectivity index (χ3n) is 2.67. The fourth-order valence-corrected chi connectivity index (χ4v) is 1.62. The first-order valence-corrected chi connectivity index (χ1v) is 4.97. The molecule has 1 aromatic rings. The molecule has 5 heteroatoms. The molecule has 0 saturated heterocycles. The molecule has 88 valence electrons. The van der Waals surface area contributed by atoms with E-state index in [1.807, 2.05) is 0 Å². The molecule has 0 aliphatic heterocycles. The van der Waals surface area contributed by atoms with Gasteiger partial charge in [-0.05, 0) is 0 Å². The van der Waals surface area contributed by atoms with E-state index in [-0.39, 0.29) is 18.0 Å². The summed E-state index contributed by atoms with van der Waals surface area (Å²) in [6.07, 6.45) is 1.55. The molecule has 1 aliphatic rings. The molecule has 0 amide bonds. The number of halogens is 2. The second-order valence-corrected chi connectivity index (χ2v) is 3.81. The van der Waals surface area contributed by atoms with Gasteiger partial charge < -0.3 is 14.6 Å². The number of ether oxygens (including phenoxy) is 2. The molecule has 1 aromatic carbocycles. The van der Waals surface area contributed by atoms with Crippen LogP contribution in [-0.2, 0) is 4.74 Å². The van der Waals surface area contributed by atoms with Gasteiger partial charge in [0, 0.05) is 32.1 Å². The Kier molecular flexibility index (Phi) is 2.96. The van der Waals surface area contributed by atoms with Crippen LogP contribution in [0, 0.1) is 11.6 Å². The summed E-state index contributed by atoms with van der Waals surface area (Å²) < 4.78 is 36.1. The lowest BCUT2D eigenvalue weighted by Crippen LogP contribution is -2.38. The second kappa shape index (κ2) is 4.25. The van der Waals surface area contributed by atoms with Gasteiger partial charge in [-0.3, -0.25) is 0 Å². The van der Waals surface area contributed by atoms with E-state index < -0.39 is 17.4 Å². The number of methoxy groups -OCH3 is 1. The van der Waals surface area contributed by atoms with Crippen LogP contribution in [0.4, 0.5) is 8.78 Å². The molecule has 3 nitrogen and oxygen atoms in total. The molecule has 0 radical (unpaired) electrons. The molecule has 1 N–H and O–H groups in total. The number of benzene rings is 1. The molecule has 0 unspecified atom stereocenters. The van der Waals surface area contributed by atoms with E-state index in [0.29, 0.717) is 0 Å². The first-order valence-electron chi connectivity index (χ1n) is 4.97. The standard InChI is InChI=1S/C11H12F2O3/c1-15-6-2-7(3-6)16-8-4-9(12)11(13)10(14)5-8/h4-7,14H,2-3H2,1H3/t6-,7-. The van der Waals surface area contributed by atoms with Gasteiger partial charge in [-0.2, -0.15) is 4.39 Å². The fourth-order valence-electron chi connectivity index (χ4n) is 1.62. The van der Waals surface area contributed by atoms with Gasteiger partial charge in [-0.15, -0.1) is 0 Å². The first-order chi connectivity index (χ1) is 7.60. The van der Waals surface area contributed by atoms with Crippen LogP contribution in [0.2, 0.25) is 0 Å². The Morgan fingerprint density at radius 2 is 1.94 bits per heavy atom. The number of hydrogen-bond donors (Lipinski definition) is 1. The van der Waals surface area contributed by atoms with Crippen LogP contribution in [-0.4, -0.2) is 24.4 Å². The second-order valence-electron chi connectivity index (χ2n) is 3.81. The maximum absolute atomic E-state index is 12.9. The molecule has 1 saturated carbocycles. The quantitative estimate of drug-likeness (QED) is 0.865. The zero-order valence-corrected chi connectivity index (χ0v) is 8.74. The van der Waals surface area contributed by atoms with Crippen molar-refractivity contribution in [2.24, 2.45) is 0 Å². The number of phenolic OH excluding ortho intramolecular Hbond substituents is 1. The normalized spacial score (nSPS) is 23.9. The third kappa shape index (κ3) is 2.09. The maximum Gasteiger partial charge on any atom is 0.200 e. The fraction of sp³-hybridized carbons (Fsp3) is 0.455. The van der Waals surface area contributed by atoms with E-state index in [1.165, 1.54) is 0 Å². The summed E-state index contributed by atoms with van der Waals surface area (Å²) in [6, 6.07) is 1.99. The highest BCUT2D eigenvalue weighted by atomic mass is 19.2. The van der Waals surface area contributed by atoms with Crippen LogP contribution in [0.25, 0.3) is 0 Å². The van der Waals surface area contributed by atoms with E-state index in [9.17, 15) is 8.78 Å². The number of aromatic hydroxyl groups is 1. The molecule has 1 fully saturated rings. The van der Waals surface area contributed by atoms with E-state index in [2.05, 4.69) is 0 Å². The summed E-state index contributed by atoms with van der Waals surface area (Å²) in [5.41, 5.74) is 0. The van der Waals surface area contributed by atoms with E-state index in [4.69, 9.17) is 14.6 Å². The molecule has 0 heterocycles. The predicted molar refractivity (Wildman–Crippen MR) is 52.5 cm³/mol. The largest absolute Gasteiger partial charge is 0.505 e. The summed E-state index contributed by atoms with van der Waals surface area (Å²) in [4.78, 5) is 0. The van der Waals surface area contributed by atoms with Gasteiger partial charge in [0.1, 0.15) is 11.9 Å². The van der Waals surface area contributed by atoms with Crippen LogP contribution in [0.15, 0.2) is 12.1 Å². The molecule has 0 bridgehead atoms. The topological polar surface area (TPSA) is 38.7 Å². The van der Waals surface area contributed by atoms with Gasteiger partial charge >= 0.3 is 0 Å². The maximum atomic E-state index is 12.9. The zero-order chi connectivity index (χ0) is 11.7. The molecule has 0 atom stereocenters. The third-order valence-corrected chi connectivity index (χ3v) is 2.67. The Labute approximate surface area is 91.6 Å². The molecule has 0 spiro atoms. The van der Waals surface area contributed by atoms with Gasteiger partial charge in [0.05, 0.1) is 6.10 Å². The Bertz CT molecular complexity index is 366. The van der Waals surface area contributed by atoms with Crippen molar-refractivity contribution in [2.45, 2.75) is 25.0 Å². The summed E-state index contributed by atoms with van der Waals surface area (Å²) in [6.45, 7) is 0. The lowest BCUT2D eigenvalue weighted by atomic mass is 9.92. The van der Waals surface area contributed by atoms with E-state index in [0.717, 1.165) is 25.0 Å². The lowest BCUT2D eigenvalue weighted by Gasteiger charge is -2.34. The molecular weight excluding hydrogens is 218 g/mol. The minimum Gasteiger partial charge on any atom is -0.505 e. The van der Waals surface area contributed by atoms with Crippen molar-refractivity contribution in [3.8, 4) is 11.5 Å². The average Bonchev–Trinajstić information content (AvgIpc) is 2.19. The summed E-state index contributed by atoms with van der Waals surface area (Å²) in [5.74, 6) is -2.97. The van der Waals surface area contributed by atoms with Gasteiger partial charge in [0.2, 0.25) is 5.82 Å². The molecule has 1 aliphatic carbocycles. The molecule has 2 rings (SSSR count). The van der Waals surface area contributed by atoms with Crippen molar-refractivity contribution < 1.29 is 23.4 Å². The summed E-state index contributed by atoms with van der Waals surface area (Å²) in [7, 11) is 1.62. The molecule has 0 aromatic heterocycles. The minimum atomic E-state index is -1.25. The number of hydrogen-bond acceptors (Lipinski definition) is 3. The van der Waals surface area contributed by atoms with Crippen molar-refractivity contribution in [1.82, 2.24) is 0 Å². The highest BCUT2D eigenvalue weighted by Gasteiger charge is 2.31. The Morgan fingerprint density at radius 3 is 2.50 bits per heavy atom. The summed E-state index contributed by atoms with van der Waals surface area (Å²) >= 11 is 0. The van der Waals surface area contributed by atoms with Crippen LogP contribution in [0.3, 0.4) is 0 Å². The van der Waals surface area contributed by atoms with Crippen molar-refractivity contribution in [2.75, 3.05) is 7.11 Å². The van der Waals surface area contributed by atoms with Gasteiger partial charge in [0.25, 0.3) is 0 Å². The van der Waals surface area contributed by atoms with Crippen molar-refractivity contribution in [1.29, 1.82) is 0 Å². The molecule has 16 heavy (non-hydrogen) atoms. The number of phenols is 1.